The van der Waals surface area contributed by atoms with Crippen molar-refractivity contribution in [2.75, 3.05) is 13.3 Å². The zero-order chi connectivity index (χ0) is 11.8. The third-order valence-corrected chi connectivity index (χ3v) is 3.58. The maximum atomic E-state index is 11.1. The molecule has 2 aromatic rings. The second kappa shape index (κ2) is 4.06. The van der Waals surface area contributed by atoms with Crippen molar-refractivity contribution in [2.45, 2.75) is 6.04 Å². The van der Waals surface area contributed by atoms with E-state index in [4.69, 9.17) is 9.84 Å². The predicted molar refractivity (Wildman–Crippen MR) is 63.3 cm³/mol. The summed E-state index contributed by atoms with van der Waals surface area (Å²) in [5, 5.41) is 12.3. The highest BCUT2D eigenvalue weighted by Gasteiger charge is 2.22. The van der Waals surface area contributed by atoms with Gasteiger partial charge in [-0.05, 0) is 17.7 Å². The zero-order valence-electron chi connectivity index (χ0n) is 8.84. The summed E-state index contributed by atoms with van der Waals surface area (Å²) in [6, 6.07) is 3.37. The van der Waals surface area contributed by atoms with Gasteiger partial charge in [-0.25, -0.2) is 9.78 Å². The van der Waals surface area contributed by atoms with Crippen LogP contribution in [0.15, 0.2) is 17.6 Å². The van der Waals surface area contributed by atoms with Gasteiger partial charge in [0.25, 0.3) is 0 Å². The summed E-state index contributed by atoms with van der Waals surface area (Å²) < 4.78 is 6.15. The van der Waals surface area contributed by atoms with Crippen molar-refractivity contribution in [1.29, 1.82) is 0 Å². The summed E-state index contributed by atoms with van der Waals surface area (Å²) in [4.78, 5) is 15.4. The minimum Gasteiger partial charge on any atom is -0.478 e. The highest BCUT2D eigenvalue weighted by Crippen LogP contribution is 2.29. The molecule has 0 amide bonds. The van der Waals surface area contributed by atoms with Crippen molar-refractivity contribution < 1.29 is 14.6 Å². The Labute approximate surface area is 101 Å². The fraction of sp³-hybridized carbons (Fsp3) is 0.273. The van der Waals surface area contributed by atoms with E-state index >= 15 is 0 Å². The number of aromatic carboxylic acids is 1. The smallest absolute Gasteiger partial charge is 0.335 e. The molecule has 1 aromatic carbocycles. The van der Waals surface area contributed by atoms with Crippen molar-refractivity contribution in [3.05, 3.63) is 28.8 Å². The number of nitrogens with zero attached hydrogens (tertiary/aromatic N) is 1. The molecule has 0 spiro atoms. The van der Waals surface area contributed by atoms with E-state index in [0.29, 0.717) is 18.9 Å². The van der Waals surface area contributed by atoms with Crippen LogP contribution in [-0.4, -0.2) is 29.4 Å². The Kier molecular flexibility index (Phi) is 2.54. The van der Waals surface area contributed by atoms with Crippen LogP contribution in [0.3, 0.4) is 0 Å². The summed E-state index contributed by atoms with van der Waals surface area (Å²) in [5.74, 6) is -0.916. The molecular formula is C11H10N2O3S. The number of carboxylic acid groups (broad SMARTS) is 1. The van der Waals surface area contributed by atoms with Gasteiger partial charge >= 0.3 is 5.97 Å². The Morgan fingerprint density at radius 2 is 2.47 bits per heavy atom. The average Bonchev–Trinajstić information content (AvgIpc) is 2.98. The van der Waals surface area contributed by atoms with Crippen LogP contribution in [0.1, 0.15) is 22.0 Å². The van der Waals surface area contributed by atoms with E-state index in [0.717, 1.165) is 15.8 Å². The van der Waals surface area contributed by atoms with Crippen molar-refractivity contribution >= 4 is 27.5 Å². The summed E-state index contributed by atoms with van der Waals surface area (Å²) >= 11 is 1.45. The van der Waals surface area contributed by atoms with Gasteiger partial charge in [0.1, 0.15) is 0 Å². The molecule has 1 atom stereocenters. The van der Waals surface area contributed by atoms with Crippen LogP contribution in [0.5, 0.6) is 0 Å². The topological polar surface area (TPSA) is 71.5 Å². The molecule has 0 aliphatic carbocycles. The number of rotatable bonds is 2. The van der Waals surface area contributed by atoms with Crippen LogP contribution < -0.4 is 5.32 Å². The van der Waals surface area contributed by atoms with E-state index in [-0.39, 0.29) is 6.04 Å². The van der Waals surface area contributed by atoms with Crippen molar-refractivity contribution in [3.63, 3.8) is 0 Å². The Hall–Kier alpha value is -1.50. The standard InChI is InChI=1S/C11H10N2O3S/c14-11(15)6-1-7(8-3-16-4-12-8)10-9(2-6)17-5-13-10/h1-2,5,8,12H,3-4H2,(H,14,15). The van der Waals surface area contributed by atoms with Crippen molar-refractivity contribution in [3.8, 4) is 0 Å². The number of carbonyl (C=O) groups is 1. The molecule has 6 heteroatoms. The number of fused-ring (bicyclic) bond motifs is 1. The maximum Gasteiger partial charge on any atom is 0.335 e. The number of thiazole rings is 1. The van der Waals surface area contributed by atoms with E-state index in [9.17, 15) is 4.79 Å². The van der Waals surface area contributed by atoms with E-state index in [1.54, 1.807) is 17.6 Å². The number of hydrogen-bond donors (Lipinski definition) is 2. The molecule has 1 aliphatic heterocycles. The summed E-state index contributed by atoms with van der Waals surface area (Å²) in [6.07, 6.45) is 0. The molecule has 5 nitrogen and oxygen atoms in total. The van der Waals surface area contributed by atoms with E-state index in [2.05, 4.69) is 10.3 Å². The minimum atomic E-state index is -0.916. The molecule has 1 unspecified atom stereocenters. The number of ether oxygens (including phenoxy) is 1. The lowest BCUT2D eigenvalue weighted by molar-refractivity contribution is 0.0697. The quantitative estimate of drug-likeness (QED) is 0.847. The van der Waals surface area contributed by atoms with Crippen LogP contribution in [0.4, 0.5) is 0 Å². The van der Waals surface area contributed by atoms with Crippen molar-refractivity contribution in [1.82, 2.24) is 10.3 Å². The number of hydrogen-bond acceptors (Lipinski definition) is 5. The lowest BCUT2D eigenvalue weighted by atomic mass is 10.0. The summed E-state index contributed by atoms with van der Waals surface area (Å²) in [6.45, 7) is 1.04. The normalized spacial score (nSPS) is 19.9. The maximum absolute atomic E-state index is 11.1. The second-order valence-corrected chi connectivity index (χ2v) is 4.73. The van der Waals surface area contributed by atoms with Gasteiger partial charge in [-0.2, -0.15) is 0 Å². The van der Waals surface area contributed by atoms with Gasteiger partial charge in [0.05, 0.1) is 40.7 Å². The lowest BCUT2D eigenvalue weighted by Gasteiger charge is -2.10. The Balaban J connectivity index is 2.19. The second-order valence-electron chi connectivity index (χ2n) is 3.84. The molecule has 1 aromatic heterocycles. The average molecular weight is 250 g/mol. The number of aromatic nitrogens is 1. The van der Waals surface area contributed by atoms with E-state index < -0.39 is 5.97 Å². The molecule has 1 saturated heterocycles. The molecule has 1 fully saturated rings. The first-order valence-electron chi connectivity index (χ1n) is 5.17. The highest BCUT2D eigenvalue weighted by atomic mass is 32.1. The fourth-order valence-corrected chi connectivity index (χ4v) is 2.73. The van der Waals surface area contributed by atoms with Gasteiger partial charge in [0.2, 0.25) is 0 Å². The van der Waals surface area contributed by atoms with Crippen LogP contribution in [0.2, 0.25) is 0 Å². The van der Waals surface area contributed by atoms with Crippen LogP contribution in [0.25, 0.3) is 10.2 Å². The third-order valence-electron chi connectivity index (χ3n) is 2.80. The zero-order valence-corrected chi connectivity index (χ0v) is 9.66. The lowest BCUT2D eigenvalue weighted by Crippen LogP contribution is -2.15. The third kappa shape index (κ3) is 1.80. The first-order chi connectivity index (χ1) is 8.25. The number of carboxylic acids is 1. The first-order valence-corrected chi connectivity index (χ1v) is 6.05. The first kappa shape index (κ1) is 10.6. The van der Waals surface area contributed by atoms with Gasteiger partial charge in [0, 0.05) is 0 Å². The monoisotopic (exact) mass is 250 g/mol. The molecule has 0 radical (unpaired) electrons. The summed E-state index contributed by atoms with van der Waals surface area (Å²) in [5.41, 5.74) is 3.79. The molecule has 3 rings (SSSR count). The molecule has 1 aliphatic rings. The van der Waals surface area contributed by atoms with Gasteiger partial charge in [-0.3, -0.25) is 5.32 Å². The van der Waals surface area contributed by atoms with Crippen LogP contribution in [-0.2, 0) is 4.74 Å². The Bertz CT molecular complexity index is 575. The Morgan fingerprint density at radius 3 is 3.18 bits per heavy atom. The van der Waals surface area contributed by atoms with Gasteiger partial charge in [-0.15, -0.1) is 11.3 Å². The van der Waals surface area contributed by atoms with Crippen molar-refractivity contribution in [2.24, 2.45) is 0 Å². The molecule has 0 saturated carbocycles. The van der Waals surface area contributed by atoms with Gasteiger partial charge < -0.3 is 9.84 Å². The molecule has 2 heterocycles. The Morgan fingerprint density at radius 1 is 1.59 bits per heavy atom. The van der Waals surface area contributed by atoms with E-state index in [1.807, 2.05) is 0 Å². The molecular weight excluding hydrogens is 240 g/mol. The van der Waals surface area contributed by atoms with E-state index in [1.165, 1.54) is 11.3 Å². The minimum absolute atomic E-state index is 0.0268. The predicted octanol–water partition coefficient (Wildman–Crippen LogP) is 1.61. The highest BCUT2D eigenvalue weighted by molar-refractivity contribution is 7.16. The largest absolute Gasteiger partial charge is 0.478 e. The number of nitrogens with one attached hydrogen (secondary N) is 1. The molecule has 88 valence electrons. The van der Waals surface area contributed by atoms with Gasteiger partial charge in [-0.1, -0.05) is 0 Å². The van der Waals surface area contributed by atoms with Gasteiger partial charge in [0.15, 0.2) is 0 Å². The fourth-order valence-electron chi connectivity index (χ4n) is 1.98. The van der Waals surface area contributed by atoms with Crippen LogP contribution in [0, 0.1) is 0 Å². The summed E-state index contributed by atoms with van der Waals surface area (Å²) in [7, 11) is 0. The molecule has 0 bridgehead atoms. The SMILES string of the molecule is O=C(O)c1cc(C2COCN2)c2ncsc2c1. The molecule has 17 heavy (non-hydrogen) atoms. The van der Waals surface area contributed by atoms with Crippen LogP contribution >= 0.6 is 11.3 Å². The number of benzene rings is 1. The molecule has 2 N–H and O–H groups in total.